The van der Waals surface area contributed by atoms with Crippen molar-refractivity contribution in [3.8, 4) is 0 Å². The fourth-order valence-corrected chi connectivity index (χ4v) is 3.83. The number of nitrogens with one attached hydrogen (secondary N) is 1. The molecule has 1 N–H and O–H groups in total. The third-order valence-corrected chi connectivity index (χ3v) is 5.29. The number of aromatic nitrogens is 2. The smallest absolute Gasteiger partial charge is 0.312 e. The van der Waals surface area contributed by atoms with Crippen molar-refractivity contribution in [3.63, 3.8) is 0 Å². The van der Waals surface area contributed by atoms with Crippen molar-refractivity contribution in [1.82, 2.24) is 9.97 Å². The summed E-state index contributed by atoms with van der Waals surface area (Å²) >= 11 is 0. The SMILES string of the molecule is O=C(CCCc1nc2ccccc2c(=O)[nH]1)N1CCCc2cc(C(F)(F)F)ccc21. The minimum atomic E-state index is -4.40. The molecule has 0 radical (unpaired) electrons. The lowest BCUT2D eigenvalue weighted by Crippen LogP contribution is -2.35. The van der Waals surface area contributed by atoms with Crippen molar-refractivity contribution in [2.45, 2.75) is 38.3 Å². The van der Waals surface area contributed by atoms with Crippen LogP contribution in [-0.4, -0.2) is 22.4 Å². The summed E-state index contributed by atoms with van der Waals surface area (Å²) in [5.74, 6) is 0.374. The molecule has 3 aromatic rings. The molecule has 0 bridgehead atoms. The highest BCUT2D eigenvalue weighted by Gasteiger charge is 2.32. The Morgan fingerprint density at radius 1 is 1.17 bits per heavy atom. The van der Waals surface area contributed by atoms with Gasteiger partial charge in [-0.1, -0.05) is 12.1 Å². The van der Waals surface area contributed by atoms with Crippen molar-refractivity contribution in [2.24, 2.45) is 0 Å². The van der Waals surface area contributed by atoms with E-state index in [4.69, 9.17) is 0 Å². The van der Waals surface area contributed by atoms with Gasteiger partial charge in [-0.15, -0.1) is 0 Å². The molecule has 0 fully saturated rings. The molecule has 2 heterocycles. The first-order chi connectivity index (χ1) is 14.3. The number of nitrogens with zero attached hydrogens (tertiary/aromatic N) is 2. The number of carbonyl (C=O) groups excluding carboxylic acids is 1. The maximum Gasteiger partial charge on any atom is 0.416 e. The second-order valence-electron chi connectivity index (χ2n) is 7.37. The summed E-state index contributed by atoms with van der Waals surface area (Å²) in [5, 5.41) is 0.514. The van der Waals surface area contributed by atoms with Crippen LogP contribution in [0.2, 0.25) is 0 Å². The number of H-pyrrole nitrogens is 1. The molecule has 0 aliphatic carbocycles. The van der Waals surface area contributed by atoms with Crippen LogP contribution >= 0.6 is 0 Å². The number of hydrogen-bond donors (Lipinski definition) is 1. The van der Waals surface area contributed by atoms with Gasteiger partial charge in [-0.2, -0.15) is 13.2 Å². The van der Waals surface area contributed by atoms with Gasteiger partial charge >= 0.3 is 6.18 Å². The number of hydrogen-bond acceptors (Lipinski definition) is 3. The second-order valence-corrected chi connectivity index (χ2v) is 7.37. The molecule has 0 saturated carbocycles. The van der Waals surface area contributed by atoms with Crippen LogP contribution in [0, 0.1) is 0 Å². The lowest BCUT2D eigenvalue weighted by atomic mass is 9.98. The van der Waals surface area contributed by atoms with Gasteiger partial charge < -0.3 is 9.88 Å². The van der Waals surface area contributed by atoms with Crippen LogP contribution in [0.1, 0.15) is 36.2 Å². The molecule has 0 atom stereocenters. The Morgan fingerprint density at radius 2 is 1.97 bits per heavy atom. The summed E-state index contributed by atoms with van der Waals surface area (Å²) in [6.07, 6.45) is -2.13. The molecule has 2 aromatic carbocycles. The number of fused-ring (bicyclic) bond motifs is 2. The van der Waals surface area contributed by atoms with Gasteiger partial charge in [0.25, 0.3) is 5.56 Å². The Labute approximate surface area is 170 Å². The summed E-state index contributed by atoms with van der Waals surface area (Å²) in [6, 6.07) is 10.6. The standard InChI is InChI=1S/C22H20F3N3O2/c23-22(24,25)15-10-11-18-14(13-15)5-4-12-28(18)20(29)9-3-8-19-26-17-7-2-1-6-16(17)21(30)27-19/h1-2,6-7,10-11,13H,3-5,8-9,12H2,(H,26,27,30). The van der Waals surface area contributed by atoms with E-state index in [1.165, 1.54) is 6.07 Å². The Kier molecular flexibility index (Phi) is 5.32. The van der Waals surface area contributed by atoms with Gasteiger partial charge in [0, 0.05) is 25.1 Å². The molecule has 5 nitrogen and oxygen atoms in total. The highest BCUT2D eigenvalue weighted by Crippen LogP contribution is 2.35. The molecule has 30 heavy (non-hydrogen) atoms. The number of benzene rings is 2. The fraction of sp³-hybridized carbons (Fsp3) is 0.318. The number of alkyl halides is 3. The van der Waals surface area contributed by atoms with Crippen molar-refractivity contribution in [2.75, 3.05) is 11.4 Å². The molecular weight excluding hydrogens is 395 g/mol. The third-order valence-electron chi connectivity index (χ3n) is 5.29. The maximum absolute atomic E-state index is 13.0. The number of rotatable bonds is 4. The number of aryl methyl sites for hydroxylation is 2. The van der Waals surface area contributed by atoms with E-state index >= 15 is 0 Å². The van der Waals surface area contributed by atoms with Crippen LogP contribution in [0.15, 0.2) is 47.3 Å². The fourth-order valence-electron chi connectivity index (χ4n) is 3.83. The minimum absolute atomic E-state index is 0.140. The lowest BCUT2D eigenvalue weighted by molar-refractivity contribution is -0.137. The summed E-state index contributed by atoms with van der Waals surface area (Å²) < 4.78 is 38.9. The Hall–Kier alpha value is -3.16. The Morgan fingerprint density at radius 3 is 2.77 bits per heavy atom. The highest BCUT2D eigenvalue weighted by molar-refractivity contribution is 5.94. The van der Waals surface area contributed by atoms with Crippen molar-refractivity contribution >= 4 is 22.5 Å². The zero-order valence-corrected chi connectivity index (χ0v) is 16.1. The van der Waals surface area contributed by atoms with Crippen LogP contribution in [0.4, 0.5) is 18.9 Å². The van der Waals surface area contributed by atoms with Crippen molar-refractivity contribution in [1.29, 1.82) is 0 Å². The lowest BCUT2D eigenvalue weighted by Gasteiger charge is -2.30. The highest BCUT2D eigenvalue weighted by atomic mass is 19.4. The van der Waals surface area contributed by atoms with E-state index in [0.717, 1.165) is 12.1 Å². The number of aromatic amines is 1. The van der Waals surface area contributed by atoms with E-state index in [1.807, 2.05) is 0 Å². The summed E-state index contributed by atoms with van der Waals surface area (Å²) in [5.41, 5.74) is 0.795. The number of para-hydroxylation sites is 1. The molecule has 8 heteroatoms. The van der Waals surface area contributed by atoms with E-state index < -0.39 is 11.7 Å². The molecule has 156 valence electrons. The van der Waals surface area contributed by atoms with E-state index in [0.29, 0.717) is 60.2 Å². The Bertz CT molecular complexity index is 1150. The third kappa shape index (κ3) is 4.08. The first-order valence-corrected chi connectivity index (χ1v) is 9.81. The largest absolute Gasteiger partial charge is 0.416 e. The van der Waals surface area contributed by atoms with Crippen molar-refractivity contribution in [3.05, 3.63) is 69.8 Å². The molecule has 0 saturated heterocycles. The zero-order chi connectivity index (χ0) is 21.3. The van der Waals surface area contributed by atoms with Crippen LogP contribution in [0.25, 0.3) is 10.9 Å². The van der Waals surface area contributed by atoms with Gasteiger partial charge in [-0.05, 0) is 55.2 Å². The summed E-state index contributed by atoms with van der Waals surface area (Å²) in [7, 11) is 0. The predicted octanol–water partition coefficient (Wildman–Crippen LogP) is 4.24. The van der Waals surface area contributed by atoms with Gasteiger partial charge in [0.2, 0.25) is 5.91 Å². The molecule has 0 spiro atoms. The van der Waals surface area contributed by atoms with Gasteiger partial charge in [0.1, 0.15) is 5.82 Å². The average molecular weight is 415 g/mol. The van der Waals surface area contributed by atoms with Crippen molar-refractivity contribution < 1.29 is 18.0 Å². The monoisotopic (exact) mass is 415 g/mol. The summed E-state index contributed by atoms with van der Waals surface area (Å²) in [4.78, 5) is 33.6. The van der Waals surface area contributed by atoms with Crippen LogP contribution < -0.4 is 10.5 Å². The number of halogens is 3. The van der Waals surface area contributed by atoms with E-state index in [9.17, 15) is 22.8 Å². The van der Waals surface area contributed by atoms with Gasteiger partial charge in [0.15, 0.2) is 0 Å². The number of carbonyl (C=O) groups is 1. The first kappa shape index (κ1) is 20.1. The van der Waals surface area contributed by atoms with E-state index in [-0.39, 0.29) is 17.9 Å². The number of amides is 1. The zero-order valence-electron chi connectivity index (χ0n) is 16.1. The maximum atomic E-state index is 13.0. The number of anilines is 1. The summed E-state index contributed by atoms with van der Waals surface area (Å²) in [6.45, 7) is 0.488. The molecule has 1 aromatic heterocycles. The van der Waals surface area contributed by atoms with Gasteiger partial charge in [0.05, 0.1) is 16.5 Å². The Balaban J connectivity index is 1.44. The molecule has 1 aliphatic heterocycles. The van der Waals surface area contributed by atoms with Crippen LogP contribution in [0.5, 0.6) is 0 Å². The molecule has 1 aliphatic rings. The molecular formula is C22H20F3N3O2. The minimum Gasteiger partial charge on any atom is -0.312 e. The second kappa shape index (κ2) is 7.93. The average Bonchev–Trinajstić information content (AvgIpc) is 2.72. The van der Waals surface area contributed by atoms with Crippen LogP contribution in [0.3, 0.4) is 0 Å². The van der Waals surface area contributed by atoms with E-state index in [2.05, 4.69) is 9.97 Å². The predicted molar refractivity (Wildman–Crippen MR) is 107 cm³/mol. The normalized spacial score (nSPS) is 14.0. The molecule has 1 amide bonds. The molecule has 0 unspecified atom stereocenters. The topological polar surface area (TPSA) is 66.1 Å². The van der Waals surface area contributed by atoms with Gasteiger partial charge in [-0.3, -0.25) is 9.59 Å². The molecule has 4 rings (SSSR count). The van der Waals surface area contributed by atoms with Gasteiger partial charge in [-0.25, -0.2) is 4.98 Å². The first-order valence-electron chi connectivity index (χ1n) is 9.81. The van der Waals surface area contributed by atoms with Crippen LogP contribution in [-0.2, 0) is 23.8 Å². The quantitative estimate of drug-likeness (QED) is 0.693. The van der Waals surface area contributed by atoms with E-state index in [1.54, 1.807) is 29.2 Å².